The Morgan fingerprint density at radius 2 is 1.88 bits per heavy atom. The zero-order valence-corrected chi connectivity index (χ0v) is 10.9. The lowest BCUT2D eigenvalue weighted by molar-refractivity contribution is -0.129. The molecule has 0 bridgehead atoms. The fraction of sp³-hybridized carbons (Fsp3) is 0.923. The van der Waals surface area contributed by atoms with Crippen molar-refractivity contribution in [3.05, 3.63) is 0 Å². The number of nitrogens with one attached hydrogen (secondary N) is 1. The van der Waals surface area contributed by atoms with Gasteiger partial charge in [-0.3, -0.25) is 4.79 Å². The summed E-state index contributed by atoms with van der Waals surface area (Å²) in [5.41, 5.74) is 5.46. The van der Waals surface area contributed by atoms with Crippen LogP contribution in [0.1, 0.15) is 52.9 Å². The second kappa shape index (κ2) is 5.67. The van der Waals surface area contributed by atoms with Gasteiger partial charge in [0.2, 0.25) is 5.91 Å². The topological polar surface area (TPSA) is 55.1 Å². The monoisotopic (exact) mass is 226 g/mol. The maximum atomic E-state index is 11.9. The van der Waals surface area contributed by atoms with Gasteiger partial charge >= 0.3 is 0 Å². The number of rotatable bonds is 3. The molecule has 1 saturated carbocycles. The molecule has 3 nitrogen and oxygen atoms in total. The van der Waals surface area contributed by atoms with Crippen LogP contribution in [-0.4, -0.2) is 18.5 Å². The highest BCUT2D eigenvalue weighted by molar-refractivity contribution is 5.81. The summed E-state index contributed by atoms with van der Waals surface area (Å²) in [5, 5.41) is 3.11. The Kier molecular flexibility index (Phi) is 4.78. The van der Waals surface area contributed by atoms with Gasteiger partial charge in [-0.05, 0) is 18.8 Å². The van der Waals surface area contributed by atoms with Gasteiger partial charge in [0.1, 0.15) is 0 Å². The van der Waals surface area contributed by atoms with Crippen LogP contribution in [0.5, 0.6) is 0 Å². The second-order valence-corrected chi connectivity index (χ2v) is 5.96. The zero-order valence-electron chi connectivity index (χ0n) is 10.9. The van der Waals surface area contributed by atoms with Crippen LogP contribution in [0, 0.1) is 11.3 Å². The van der Waals surface area contributed by atoms with E-state index in [1.807, 2.05) is 20.8 Å². The van der Waals surface area contributed by atoms with Gasteiger partial charge in [0.15, 0.2) is 0 Å². The molecule has 0 aromatic rings. The van der Waals surface area contributed by atoms with Crippen molar-refractivity contribution in [2.24, 2.45) is 17.1 Å². The Balaban J connectivity index is 2.50. The molecule has 0 aromatic carbocycles. The molecule has 1 rings (SSSR count). The molecule has 1 atom stereocenters. The summed E-state index contributed by atoms with van der Waals surface area (Å²) in [6.07, 6.45) is 6.33. The molecule has 0 spiro atoms. The molecule has 0 heterocycles. The van der Waals surface area contributed by atoms with E-state index in [4.69, 9.17) is 5.73 Å². The molecular formula is C13H26N2O. The fourth-order valence-electron chi connectivity index (χ4n) is 2.29. The first-order valence-electron chi connectivity index (χ1n) is 6.46. The molecule has 0 saturated heterocycles. The van der Waals surface area contributed by atoms with E-state index >= 15 is 0 Å². The minimum atomic E-state index is -0.317. The Morgan fingerprint density at radius 1 is 1.31 bits per heavy atom. The molecule has 1 unspecified atom stereocenters. The van der Waals surface area contributed by atoms with Crippen LogP contribution in [0.25, 0.3) is 0 Å². The van der Waals surface area contributed by atoms with Crippen LogP contribution < -0.4 is 11.1 Å². The largest absolute Gasteiger partial charge is 0.351 e. The van der Waals surface area contributed by atoms with Crippen molar-refractivity contribution in [1.82, 2.24) is 5.32 Å². The van der Waals surface area contributed by atoms with Crippen LogP contribution in [0.15, 0.2) is 0 Å². The predicted octanol–water partition coefficient (Wildman–Crippen LogP) is 2.06. The minimum absolute atomic E-state index is 0.119. The number of hydrogen-bond donors (Lipinski definition) is 2. The van der Waals surface area contributed by atoms with Crippen molar-refractivity contribution in [3.63, 3.8) is 0 Å². The van der Waals surface area contributed by atoms with E-state index in [0.29, 0.717) is 12.5 Å². The van der Waals surface area contributed by atoms with Gasteiger partial charge in [0.05, 0.1) is 0 Å². The van der Waals surface area contributed by atoms with E-state index in [1.165, 1.54) is 32.1 Å². The predicted molar refractivity (Wildman–Crippen MR) is 67.0 cm³/mol. The third-order valence-electron chi connectivity index (χ3n) is 3.47. The molecule has 94 valence electrons. The van der Waals surface area contributed by atoms with Gasteiger partial charge in [-0.15, -0.1) is 0 Å². The first-order valence-corrected chi connectivity index (χ1v) is 6.46. The highest BCUT2D eigenvalue weighted by Crippen LogP contribution is 2.26. The number of hydrogen-bond acceptors (Lipinski definition) is 2. The third-order valence-corrected chi connectivity index (χ3v) is 3.47. The van der Waals surface area contributed by atoms with E-state index in [-0.39, 0.29) is 17.4 Å². The standard InChI is InChI=1S/C13H26N2O/c1-13(2,3)12(16)15-11(9-14)10-7-5-4-6-8-10/h10-11H,4-9,14H2,1-3H3,(H,15,16). The Bertz CT molecular complexity index is 227. The lowest BCUT2D eigenvalue weighted by Gasteiger charge is -2.32. The van der Waals surface area contributed by atoms with E-state index in [1.54, 1.807) is 0 Å². The van der Waals surface area contributed by atoms with Crippen LogP contribution in [-0.2, 0) is 4.79 Å². The lowest BCUT2D eigenvalue weighted by Crippen LogP contribution is -2.49. The van der Waals surface area contributed by atoms with Crippen molar-refractivity contribution >= 4 is 5.91 Å². The van der Waals surface area contributed by atoms with Gasteiger partial charge in [0, 0.05) is 18.0 Å². The van der Waals surface area contributed by atoms with Crippen molar-refractivity contribution in [2.75, 3.05) is 6.54 Å². The Labute approximate surface area is 99.2 Å². The zero-order chi connectivity index (χ0) is 12.2. The molecule has 16 heavy (non-hydrogen) atoms. The molecular weight excluding hydrogens is 200 g/mol. The maximum Gasteiger partial charge on any atom is 0.225 e. The van der Waals surface area contributed by atoms with E-state index < -0.39 is 0 Å². The smallest absolute Gasteiger partial charge is 0.225 e. The van der Waals surface area contributed by atoms with Crippen molar-refractivity contribution < 1.29 is 4.79 Å². The van der Waals surface area contributed by atoms with E-state index in [9.17, 15) is 4.79 Å². The highest BCUT2D eigenvalue weighted by Gasteiger charge is 2.28. The maximum absolute atomic E-state index is 11.9. The number of nitrogens with two attached hydrogens (primary N) is 1. The summed E-state index contributed by atoms with van der Waals surface area (Å²) in [6, 6.07) is 0.173. The highest BCUT2D eigenvalue weighted by atomic mass is 16.2. The summed E-state index contributed by atoms with van der Waals surface area (Å²) in [4.78, 5) is 11.9. The molecule has 0 aliphatic heterocycles. The summed E-state index contributed by atoms with van der Waals surface area (Å²) < 4.78 is 0. The van der Waals surface area contributed by atoms with Crippen molar-refractivity contribution in [2.45, 2.75) is 58.9 Å². The number of amides is 1. The quantitative estimate of drug-likeness (QED) is 0.774. The van der Waals surface area contributed by atoms with Crippen molar-refractivity contribution in [3.8, 4) is 0 Å². The average Bonchev–Trinajstić information content (AvgIpc) is 2.25. The minimum Gasteiger partial charge on any atom is -0.351 e. The average molecular weight is 226 g/mol. The van der Waals surface area contributed by atoms with Gasteiger partial charge in [-0.2, -0.15) is 0 Å². The van der Waals surface area contributed by atoms with Crippen LogP contribution >= 0.6 is 0 Å². The summed E-state index contributed by atoms with van der Waals surface area (Å²) in [5.74, 6) is 0.707. The molecule has 1 aliphatic rings. The molecule has 1 aliphatic carbocycles. The lowest BCUT2D eigenvalue weighted by atomic mass is 9.83. The molecule has 0 radical (unpaired) electrons. The fourth-order valence-corrected chi connectivity index (χ4v) is 2.29. The van der Waals surface area contributed by atoms with Gasteiger partial charge in [0.25, 0.3) is 0 Å². The molecule has 3 N–H and O–H groups in total. The molecule has 0 aromatic heterocycles. The first kappa shape index (κ1) is 13.5. The molecule has 1 amide bonds. The van der Waals surface area contributed by atoms with E-state index in [2.05, 4.69) is 5.32 Å². The van der Waals surface area contributed by atoms with Crippen LogP contribution in [0.3, 0.4) is 0 Å². The SMILES string of the molecule is CC(C)(C)C(=O)NC(CN)C1CCCCC1. The van der Waals surface area contributed by atoms with Gasteiger partial charge < -0.3 is 11.1 Å². The normalized spacial score (nSPS) is 20.5. The van der Waals surface area contributed by atoms with Crippen LogP contribution in [0.4, 0.5) is 0 Å². The summed E-state index contributed by atoms with van der Waals surface area (Å²) >= 11 is 0. The summed E-state index contributed by atoms with van der Waals surface area (Å²) in [7, 11) is 0. The molecule has 1 fully saturated rings. The Hall–Kier alpha value is -0.570. The van der Waals surface area contributed by atoms with E-state index in [0.717, 1.165) is 0 Å². The first-order chi connectivity index (χ1) is 7.45. The van der Waals surface area contributed by atoms with Crippen LogP contribution in [0.2, 0.25) is 0 Å². The third kappa shape index (κ3) is 3.78. The summed E-state index contributed by atoms with van der Waals surface area (Å²) in [6.45, 7) is 6.39. The Morgan fingerprint density at radius 3 is 2.31 bits per heavy atom. The number of carbonyl (C=O) groups is 1. The second-order valence-electron chi connectivity index (χ2n) is 5.96. The van der Waals surface area contributed by atoms with Gasteiger partial charge in [-0.1, -0.05) is 40.0 Å². The molecule has 3 heteroatoms. The van der Waals surface area contributed by atoms with Crippen molar-refractivity contribution in [1.29, 1.82) is 0 Å². The number of carbonyl (C=O) groups excluding carboxylic acids is 1. The van der Waals surface area contributed by atoms with Gasteiger partial charge in [-0.25, -0.2) is 0 Å².